The average molecular weight is 247 g/mol. The van der Waals surface area contributed by atoms with Crippen LogP contribution in [-0.2, 0) is 6.54 Å². The molecule has 4 nitrogen and oxygen atoms in total. The fraction of sp³-hybridized carbons (Fsp3) is 0.0769. The molecule has 0 aliphatic carbocycles. The Hall–Kier alpha value is -2.43. The summed E-state index contributed by atoms with van der Waals surface area (Å²) in [5, 5.41) is 9.21. The van der Waals surface area contributed by atoms with Crippen molar-refractivity contribution in [2.24, 2.45) is 0 Å². The van der Waals surface area contributed by atoms with Crippen molar-refractivity contribution < 1.29 is 14.3 Å². The van der Waals surface area contributed by atoms with Crippen LogP contribution in [0.5, 0.6) is 0 Å². The molecule has 0 fully saturated rings. The molecule has 1 aromatic carbocycles. The SMILES string of the molecule is C=CCn1c(=O)ccc2cc(C(=O)O)cc(F)c21. The van der Waals surface area contributed by atoms with Gasteiger partial charge in [0.1, 0.15) is 5.82 Å². The molecule has 2 rings (SSSR count). The molecule has 0 unspecified atom stereocenters. The highest BCUT2D eigenvalue weighted by Gasteiger charge is 2.12. The van der Waals surface area contributed by atoms with Gasteiger partial charge in [0.05, 0.1) is 11.1 Å². The van der Waals surface area contributed by atoms with Crippen LogP contribution in [0.1, 0.15) is 10.4 Å². The summed E-state index contributed by atoms with van der Waals surface area (Å²) in [5.41, 5.74) is -0.416. The highest BCUT2D eigenvalue weighted by molar-refractivity contribution is 5.93. The predicted molar refractivity (Wildman–Crippen MR) is 65.3 cm³/mol. The van der Waals surface area contributed by atoms with Crippen LogP contribution in [0.15, 0.2) is 41.7 Å². The molecule has 0 spiro atoms. The van der Waals surface area contributed by atoms with Gasteiger partial charge < -0.3 is 9.67 Å². The van der Waals surface area contributed by atoms with Gasteiger partial charge in [0.15, 0.2) is 0 Å². The molecule has 1 N–H and O–H groups in total. The van der Waals surface area contributed by atoms with Crippen molar-refractivity contribution in [2.75, 3.05) is 0 Å². The van der Waals surface area contributed by atoms with Gasteiger partial charge in [-0.2, -0.15) is 0 Å². The Morgan fingerprint density at radius 2 is 2.17 bits per heavy atom. The van der Waals surface area contributed by atoms with E-state index < -0.39 is 11.8 Å². The van der Waals surface area contributed by atoms with Gasteiger partial charge in [-0.25, -0.2) is 9.18 Å². The Morgan fingerprint density at radius 3 is 2.78 bits per heavy atom. The number of hydrogen-bond donors (Lipinski definition) is 1. The van der Waals surface area contributed by atoms with E-state index in [4.69, 9.17) is 5.11 Å². The van der Waals surface area contributed by atoms with E-state index >= 15 is 0 Å². The second kappa shape index (κ2) is 4.44. The molecule has 92 valence electrons. The number of aromatic nitrogens is 1. The highest BCUT2D eigenvalue weighted by Crippen LogP contribution is 2.19. The molecule has 5 heteroatoms. The summed E-state index contributed by atoms with van der Waals surface area (Å²) in [5.74, 6) is -1.94. The van der Waals surface area contributed by atoms with Crippen LogP contribution in [-0.4, -0.2) is 15.6 Å². The lowest BCUT2D eigenvalue weighted by Crippen LogP contribution is -2.19. The molecule has 1 aromatic heterocycles. The van der Waals surface area contributed by atoms with E-state index in [9.17, 15) is 14.0 Å². The minimum atomic E-state index is -1.21. The van der Waals surface area contributed by atoms with Crippen LogP contribution in [0.25, 0.3) is 10.9 Å². The maximum Gasteiger partial charge on any atom is 0.335 e. The Balaban J connectivity index is 2.86. The Labute approximate surface area is 102 Å². The number of carboxylic acid groups (broad SMARTS) is 1. The quantitative estimate of drug-likeness (QED) is 0.844. The van der Waals surface area contributed by atoms with Crippen molar-refractivity contribution in [1.29, 1.82) is 0 Å². The number of fused-ring (bicyclic) bond motifs is 1. The zero-order valence-corrected chi connectivity index (χ0v) is 9.39. The lowest BCUT2D eigenvalue weighted by molar-refractivity contribution is 0.0696. The fourth-order valence-corrected chi connectivity index (χ4v) is 1.83. The summed E-state index contributed by atoms with van der Waals surface area (Å²) < 4.78 is 15.1. The van der Waals surface area contributed by atoms with E-state index in [1.54, 1.807) is 0 Å². The number of hydrogen-bond acceptors (Lipinski definition) is 2. The molecule has 0 atom stereocenters. The number of rotatable bonds is 3. The van der Waals surface area contributed by atoms with Gasteiger partial charge in [0.25, 0.3) is 5.56 Å². The zero-order valence-electron chi connectivity index (χ0n) is 9.39. The first-order chi connectivity index (χ1) is 8.54. The summed E-state index contributed by atoms with van der Waals surface area (Å²) >= 11 is 0. The van der Waals surface area contributed by atoms with Crippen LogP contribution >= 0.6 is 0 Å². The van der Waals surface area contributed by atoms with Crippen LogP contribution in [0.2, 0.25) is 0 Å². The van der Waals surface area contributed by atoms with Crippen LogP contribution < -0.4 is 5.56 Å². The third-order valence-electron chi connectivity index (χ3n) is 2.59. The first kappa shape index (κ1) is 12.0. The first-order valence-electron chi connectivity index (χ1n) is 5.22. The number of aromatic carboxylic acids is 1. The third kappa shape index (κ3) is 1.90. The van der Waals surface area contributed by atoms with Crippen LogP contribution in [0.4, 0.5) is 4.39 Å². The van der Waals surface area contributed by atoms with E-state index in [2.05, 4.69) is 6.58 Å². The molecule has 0 aliphatic rings. The molecule has 0 radical (unpaired) electrons. The zero-order chi connectivity index (χ0) is 13.3. The van der Waals surface area contributed by atoms with Crippen molar-refractivity contribution in [2.45, 2.75) is 6.54 Å². The van der Waals surface area contributed by atoms with Gasteiger partial charge in [-0.3, -0.25) is 4.79 Å². The number of allylic oxidation sites excluding steroid dienone is 1. The molecule has 18 heavy (non-hydrogen) atoms. The average Bonchev–Trinajstić information content (AvgIpc) is 2.32. The van der Waals surface area contributed by atoms with Crippen LogP contribution in [0, 0.1) is 5.82 Å². The minimum Gasteiger partial charge on any atom is -0.478 e. The second-order valence-corrected chi connectivity index (χ2v) is 3.77. The Morgan fingerprint density at radius 1 is 1.44 bits per heavy atom. The number of carboxylic acids is 1. The van der Waals surface area contributed by atoms with Gasteiger partial charge in [-0.05, 0) is 18.2 Å². The Kier molecular flexibility index (Phi) is 2.97. The summed E-state index contributed by atoms with van der Waals surface area (Å²) in [6.07, 6.45) is 1.48. The monoisotopic (exact) mass is 247 g/mol. The normalized spacial score (nSPS) is 10.5. The highest BCUT2D eigenvalue weighted by atomic mass is 19.1. The molecule has 2 aromatic rings. The fourth-order valence-electron chi connectivity index (χ4n) is 1.83. The predicted octanol–water partition coefficient (Wildman–Crippen LogP) is 2.02. The number of halogens is 1. The summed E-state index contributed by atoms with van der Waals surface area (Å²) in [6.45, 7) is 3.67. The largest absolute Gasteiger partial charge is 0.478 e. The molecule has 0 saturated heterocycles. The number of pyridine rings is 1. The van der Waals surface area contributed by atoms with E-state index in [-0.39, 0.29) is 23.2 Å². The van der Waals surface area contributed by atoms with Gasteiger partial charge >= 0.3 is 5.97 Å². The van der Waals surface area contributed by atoms with Crippen molar-refractivity contribution in [1.82, 2.24) is 4.57 Å². The van der Waals surface area contributed by atoms with Crippen molar-refractivity contribution in [3.05, 3.63) is 58.7 Å². The summed E-state index contributed by atoms with van der Waals surface area (Å²) in [6, 6.07) is 4.92. The molecule has 1 heterocycles. The molecule has 0 amide bonds. The third-order valence-corrected chi connectivity index (χ3v) is 2.59. The standard InChI is InChI=1S/C13H10FNO3/c1-2-5-15-11(16)4-3-8-6-9(13(17)18)7-10(14)12(8)15/h2-4,6-7H,1,5H2,(H,17,18). The van der Waals surface area contributed by atoms with Gasteiger partial charge in [-0.15, -0.1) is 6.58 Å². The van der Waals surface area contributed by atoms with Gasteiger partial charge in [0, 0.05) is 18.0 Å². The number of nitrogens with zero attached hydrogens (tertiary/aromatic N) is 1. The summed E-state index contributed by atoms with van der Waals surface area (Å²) in [7, 11) is 0. The molecule has 0 saturated carbocycles. The summed E-state index contributed by atoms with van der Waals surface area (Å²) in [4.78, 5) is 22.4. The second-order valence-electron chi connectivity index (χ2n) is 3.77. The van der Waals surface area contributed by atoms with E-state index in [0.717, 1.165) is 6.07 Å². The van der Waals surface area contributed by atoms with Crippen molar-refractivity contribution in [3.8, 4) is 0 Å². The van der Waals surface area contributed by atoms with E-state index in [1.807, 2.05) is 0 Å². The molecule has 0 aliphatic heterocycles. The molecule has 0 bridgehead atoms. The van der Waals surface area contributed by atoms with E-state index in [0.29, 0.717) is 5.39 Å². The topological polar surface area (TPSA) is 59.3 Å². The lowest BCUT2D eigenvalue weighted by Gasteiger charge is -2.09. The maximum absolute atomic E-state index is 13.9. The maximum atomic E-state index is 13.9. The van der Waals surface area contributed by atoms with Crippen LogP contribution in [0.3, 0.4) is 0 Å². The van der Waals surface area contributed by atoms with E-state index in [1.165, 1.54) is 28.8 Å². The van der Waals surface area contributed by atoms with Gasteiger partial charge in [-0.1, -0.05) is 6.08 Å². The smallest absolute Gasteiger partial charge is 0.335 e. The van der Waals surface area contributed by atoms with Crippen molar-refractivity contribution in [3.63, 3.8) is 0 Å². The molecular formula is C13H10FNO3. The van der Waals surface area contributed by atoms with Crippen molar-refractivity contribution >= 4 is 16.9 Å². The lowest BCUT2D eigenvalue weighted by atomic mass is 10.1. The van der Waals surface area contributed by atoms with Gasteiger partial charge in [0.2, 0.25) is 0 Å². The Bertz CT molecular complexity index is 703. The number of carbonyl (C=O) groups is 1. The minimum absolute atomic E-state index is 0.0902. The first-order valence-corrected chi connectivity index (χ1v) is 5.22. The number of benzene rings is 1. The molecular weight excluding hydrogens is 237 g/mol.